The van der Waals surface area contributed by atoms with Gasteiger partial charge >= 0.3 is 0 Å². The number of rotatable bonds is 8. The number of anilines is 1. The third kappa shape index (κ3) is 4.22. The molecule has 0 radical (unpaired) electrons. The second-order valence-electron chi connectivity index (χ2n) is 6.76. The third-order valence-electron chi connectivity index (χ3n) is 5.21. The van der Waals surface area contributed by atoms with E-state index in [-0.39, 0.29) is 6.04 Å². The molecular formula is C23H32N2O2. The van der Waals surface area contributed by atoms with E-state index in [4.69, 9.17) is 9.47 Å². The highest BCUT2D eigenvalue weighted by Crippen LogP contribution is 2.38. The molecule has 1 aliphatic heterocycles. The van der Waals surface area contributed by atoms with Crippen molar-refractivity contribution in [2.24, 2.45) is 0 Å². The van der Waals surface area contributed by atoms with Gasteiger partial charge in [0, 0.05) is 25.3 Å². The van der Waals surface area contributed by atoms with E-state index in [0.717, 1.165) is 37.6 Å². The normalized spacial score (nSPS) is 15.9. The molecule has 0 saturated carbocycles. The fraction of sp³-hybridized carbons (Fsp3) is 0.478. The smallest absolute Gasteiger partial charge is 0.161 e. The van der Waals surface area contributed by atoms with E-state index in [9.17, 15) is 0 Å². The summed E-state index contributed by atoms with van der Waals surface area (Å²) in [6.07, 6.45) is 1.01. The van der Waals surface area contributed by atoms with E-state index in [1.165, 1.54) is 22.4 Å². The number of fused-ring (bicyclic) bond motifs is 1. The zero-order valence-corrected chi connectivity index (χ0v) is 17.0. The monoisotopic (exact) mass is 368 g/mol. The zero-order valence-electron chi connectivity index (χ0n) is 17.0. The van der Waals surface area contributed by atoms with Crippen LogP contribution in [-0.4, -0.2) is 32.8 Å². The number of ether oxygens (including phenoxy) is 2. The van der Waals surface area contributed by atoms with Crippen molar-refractivity contribution in [1.29, 1.82) is 0 Å². The van der Waals surface area contributed by atoms with Crippen LogP contribution in [0.4, 0.5) is 5.69 Å². The van der Waals surface area contributed by atoms with Crippen molar-refractivity contribution >= 4 is 5.69 Å². The summed E-state index contributed by atoms with van der Waals surface area (Å²) in [6.45, 7) is 12.7. The minimum Gasteiger partial charge on any atom is -0.490 e. The molecule has 1 aliphatic rings. The molecule has 2 aromatic carbocycles. The van der Waals surface area contributed by atoms with Crippen LogP contribution in [0, 0.1) is 0 Å². The summed E-state index contributed by atoms with van der Waals surface area (Å²) in [5.41, 5.74) is 5.21. The van der Waals surface area contributed by atoms with Gasteiger partial charge in [0.1, 0.15) is 0 Å². The molecule has 3 rings (SSSR count). The van der Waals surface area contributed by atoms with Crippen LogP contribution in [0.5, 0.6) is 11.5 Å². The molecule has 0 amide bonds. The van der Waals surface area contributed by atoms with Gasteiger partial charge in [-0.3, -0.25) is 0 Å². The largest absolute Gasteiger partial charge is 0.490 e. The van der Waals surface area contributed by atoms with E-state index < -0.39 is 0 Å². The average molecular weight is 369 g/mol. The van der Waals surface area contributed by atoms with Crippen LogP contribution in [0.2, 0.25) is 0 Å². The Labute approximate surface area is 163 Å². The summed E-state index contributed by atoms with van der Waals surface area (Å²) in [5, 5.41) is 3.68. The third-order valence-corrected chi connectivity index (χ3v) is 5.21. The minimum absolute atomic E-state index is 0.189. The fourth-order valence-electron chi connectivity index (χ4n) is 3.86. The quantitative estimate of drug-likeness (QED) is 0.740. The van der Waals surface area contributed by atoms with Gasteiger partial charge in [0.25, 0.3) is 0 Å². The number of benzene rings is 2. The summed E-state index contributed by atoms with van der Waals surface area (Å²) in [7, 11) is 0. The Hall–Kier alpha value is -2.20. The van der Waals surface area contributed by atoms with Gasteiger partial charge in [-0.25, -0.2) is 0 Å². The molecule has 0 fully saturated rings. The molecule has 0 spiro atoms. The highest BCUT2D eigenvalue weighted by molar-refractivity contribution is 5.53. The number of nitrogens with one attached hydrogen (secondary N) is 1. The van der Waals surface area contributed by atoms with Crippen molar-refractivity contribution in [3.05, 3.63) is 53.1 Å². The maximum absolute atomic E-state index is 5.86. The Kier molecular flexibility index (Phi) is 6.62. The molecule has 2 aromatic rings. The maximum atomic E-state index is 5.86. The lowest BCUT2D eigenvalue weighted by Crippen LogP contribution is -2.30. The van der Waals surface area contributed by atoms with Crippen LogP contribution in [-0.2, 0) is 6.42 Å². The lowest BCUT2D eigenvalue weighted by Gasteiger charge is -2.29. The second kappa shape index (κ2) is 9.14. The maximum Gasteiger partial charge on any atom is 0.161 e. The summed E-state index contributed by atoms with van der Waals surface area (Å²) < 4.78 is 11.7. The number of nitrogens with zero attached hydrogens (tertiary/aromatic N) is 1. The summed E-state index contributed by atoms with van der Waals surface area (Å²) in [5.74, 6) is 1.70. The van der Waals surface area contributed by atoms with Gasteiger partial charge < -0.3 is 19.7 Å². The van der Waals surface area contributed by atoms with Gasteiger partial charge in [0.15, 0.2) is 11.5 Å². The van der Waals surface area contributed by atoms with Crippen molar-refractivity contribution in [3.63, 3.8) is 0 Å². The van der Waals surface area contributed by atoms with E-state index >= 15 is 0 Å². The van der Waals surface area contributed by atoms with Crippen LogP contribution in [0.3, 0.4) is 0 Å². The Morgan fingerprint density at radius 1 is 0.926 bits per heavy atom. The molecule has 4 heteroatoms. The number of hydrogen-bond donors (Lipinski definition) is 1. The molecule has 0 aromatic heterocycles. The predicted molar refractivity (Wildman–Crippen MR) is 112 cm³/mol. The molecule has 0 aliphatic carbocycles. The average Bonchev–Trinajstić information content (AvgIpc) is 2.70. The topological polar surface area (TPSA) is 33.7 Å². The van der Waals surface area contributed by atoms with Gasteiger partial charge in [-0.15, -0.1) is 0 Å². The zero-order chi connectivity index (χ0) is 19.2. The summed E-state index contributed by atoms with van der Waals surface area (Å²) in [4.78, 5) is 2.37. The molecule has 146 valence electrons. The highest BCUT2D eigenvalue weighted by Gasteiger charge is 2.24. The minimum atomic E-state index is 0.189. The van der Waals surface area contributed by atoms with Crippen molar-refractivity contribution in [1.82, 2.24) is 5.32 Å². The van der Waals surface area contributed by atoms with Crippen LogP contribution in [0.1, 0.15) is 50.4 Å². The van der Waals surface area contributed by atoms with Crippen LogP contribution in [0.25, 0.3) is 0 Å². The molecule has 0 bridgehead atoms. The Bertz CT molecular complexity index is 739. The van der Waals surface area contributed by atoms with Gasteiger partial charge in [-0.2, -0.15) is 0 Å². The van der Waals surface area contributed by atoms with Gasteiger partial charge in [0.2, 0.25) is 0 Å². The first kappa shape index (κ1) is 19.6. The van der Waals surface area contributed by atoms with Crippen molar-refractivity contribution in [2.45, 2.75) is 40.2 Å². The molecule has 0 saturated heterocycles. The molecule has 1 heterocycles. The lowest BCUT2D eigenvalue weighted by molar-refractivity contribution is 0.286. The molecule has 27 heavy (non-hydrogen) atoms. The Morgan fingerprint density at radius 3 is 2.15 bits per heavy atom. The molecule has 1 atom stereocenters. The fourth-order valence-corrected chi connectivity index (χ4v) is 3.86. The van der Waals surface area contributed by atoms with E-state index in [2.05, 4.69) is 60.5 Å². The van der Waals surface area contributed by atoms with Gasteiger partial charge in [-0.05, 0) is 75.1 Å². The van der Waals surface area contributed by atoms with Crippen LogP contribution < -0.4 is 19.7 Å². The highest BCUT2D eigenvalue weighted by atomic mass is 16.5. The molecule has 4 nitrogen and oxygen atoms in total. The number of hydrogen-bond acceptors (Lipinski definition) is 4. The SMILES string of the molecule is CCOc1cc2c(cc1OCC)[C@H](c1ccc(N(CC)CC)cc1)NCC2. The van der Waals surface area contributed by atoms with E-state index in [1.54, 1.807) is 0 Å². The lowest BCUT2D eigenvalue weighted by atomic mass is 9.89. The first-order chi connectivity index (χ1) is 13.2. The van der Waals surface area contributed by atoms with Crippen molar-refractivity contribution in [2.75, 3.05) is 37.7 Å². The molecular weight excluding hydrogens is 336 g/mol. The summed E-state index contributed by atoms with van der Waals surface area (Å²) in [6, 6.07) is 13.5. The molecule has 0 unspecified atom stereocenters. The van der Waals surface area contributed by atoms with Gasteiger partial charge in [-0.1, -0.05) is 12.1 Å². The first-order valence-electron chi connectivity index (χ1n) is 10.2. The van der Waals surface area contributed by atoms with E-state index in [0.29, 0.717) is 13.2 Å². The standard InChI is InChI=1S/C23H32N2O2/c1-5-25(6-2)19-11-9-17(10-12-19)23-20-16-22(27-8-4)21(26-7-3)15-18(20)13-14-24-23/h9-12,15-16,23-24H,5-8,13-14H2,1-4H3/t23-/m0/s1. The van der Waals surface area contributed by atoms with E-state index in [1.807, 2.05) is 13.8 Å². The Morgan fingerprint density at radius 2 is 1.56 bits per heavy atom. The summed E-state index contributed by atoms with van der Waals surface area (Å²) >= 11 is 0. The van der Waals surface area contributed by atoms with Gasteiger partial charge in [0.05, 0.1) is 19.3 Å². The van der Waals surface area contributed by atoms with Crippen molar-refractivity contribution in [3.8, 4) is 11.5 Å². The van der Waals surface area contributed by atoms with Crippen LogP contribution in [0.15, 0.2) is 36.4 Å². The Balaban J connectivity index is 1.94. The first-order valence-corrected chi connectivity index (χ1v) is 10.2. The van der Waals surface area contributed by atoms with Crippen LogP contribution >= 0.6 is 0 Å². The molecule has 1 N–H and O–H groups in total. The second-order valence-corrected chi connectivity index (χ2v) is 6.76. The predicted octanol–water partition coefficient (Wildman–Crippen LogP) is 4.57. The van der Waals surface area contributed by atoms with Crippen molar-refractivity contribution < 1.29 is 9.47 Å².